The zero-order chi connectivity index (χ0) is 42.1. The van der Waals surface area contributed by atoms with Gasteiger partial charge in [0.2, 0.25) is 5.79 Å². The van der Waals surface area contributed by atoms with Gasteiger partial charge in [0.05, 0.1) is 31.4 Å². The Morgan fingerprint density at radius 3 is 2.47 bits per heavy atom. The minimum absolute atomic E-state index is 0.0751. The van der Waals surface area contributed by atoms with Crippen LogP contribution in [0.5, 0.6) is 17.2 Å². The van der Waals surface area contributed by atoms with Gasteiger partial charge in [-0.1, -0.05) is 72.6 Å². The first-order valence-corrected chi connectivity index (χ1v) is 22.5. The van der Waals surface area contributed by atoms with Gasteiger partial charge < -0.3 is 34.0 Å². The van der Waals surface area contributed by atoms with Crippen molar-refractivity contribution in [2.75, 3.05) is 39.8 Å². The van der Waals surface area contributed by atoms with Crippen LogP contribution in [-0.2, 0) is 20.9 Å². The molecule has 4 aromatic rings. The molecule has 1 aliphatic heterocycles. The number of hydrogen-bond donors (Lipinski definition) is 2. The van der Waals surface area contributed by atoms with Crippen LogP contribution in [0.4, 0.5) is 4.79 Å². The molecular formula is C49H58N2O8S. The lowest BCUT2D eigenvalue weighted by molar-refractivity contribution is -0.256. The van der Waals surface area contributed by atoms with Crippen molar-refractivity contribution in [1.82, 2.24) is 4.90 Å². The lowest BCUT2D eigenvalue weighted by Gasteiger charge is -2.59. The third kappa shape index (κ3) is 8.96. The highest BCUT2D eigenvalue weighted by molar-refractivity contribution is 7.98. The number of allylic oxidation sites excluding steroid dienone is 1. The first-order valence-electron chi connectivity index (χ1n) is 21.2. The molecule has 0 radical (unpaired) electrons. The average Bonchev–Trinajstić information content (AvgIpc) is 3.27. The molecule has 318 valence electrons. The zero-order valence-electron chi connectivity index (χ0n) is 35.0. The minimum atomic E-state index is -1.41. The van der Waals surface area contributed by atoms with Gasteiger partial charge >= 0.3 is 6.09 Å². The second-order valence-electron chi connectivity index (χ2n) is 15.7. The summed E-state index contributed by atoms with van der Waals surface area (Å²) in [7, 11) is 1.55. The van der Waals surface area contributed by atoms with Gasteiger partial charge in [-0.2, -0.15) is 0 Å². The van der Waals surface area contributed by atoms with Crippen LogP contribution in [0.15, 0.2) is 119 Å². The molecule has 0 spiro atoms. The van der Waals surface area contributed by atoms with Gasteiger partial charge in [-0.25, -0.2) is 4.79 Å². The van der Waals surface area contributed by atoms with Crippen LogP contribution in [0.3, 0.4) is 0 Å². The average molecular weight is 835 g/mol. The van der Waals surface area contributed by atoms with Crippen molar-refractivity contribution in [2.24, 2.45) is 22.9 Å². The molecule has 0 bridgehead atoms. The summed E-state index contributed by atoms with van der Waals surface area (Å²) in [5.41, 5.74) is 3.63. The lowest BCUT2D eigenvalue weighted by Crippen LogP contribution is -2.70. The fourth-order valence-corrected chi connectivity index (χ4v) is 10.1. The number of carbonyl (C=O) groups is 1. The molecule has 0 saturated heterocycles. The summed E-state index contributed by atoms with van der Waals surface area (Å²) < 4.78 is 26.9. The second-order valence-corrected chi connectivity index (χ2v) is 16.6. The maximum atomic E-state index is 14.6. The van der Waals surface area contributed by atoms with E-state index in [9.17, 15) is 15.0 Å². The fraction of sp³-hybridized carbons (Fsp3) is 0.429. The van der Waals surface area contributed by atoms with E-state index >= 15 is 0 Å². The number of benzene rings is 4. The summed E-state index contributed by atoms with van der Waals surface area (Å²) in [6, 6.07) is 27.6. The number of nitrogens with zero attached hydrogens (tertiary/aromatic N) is 2. The van der Waals surface area contributed by atoms with Crippen molar-refractivity contribution in [3.63, 3.8) is 0 Å². The molecule has 1 amide bonds. The number of unbranched alkanes of at least 4 members (excludes halogenated alkanes) is 2. The van der Waals surface area contributed by atoms with E-state index in [1.54, 1.807) is 29.8 Å². The Labute approximate surface area is 358 Å². The van der Waals surface area contributed by atoms with Gasteiger partial charge in [-0.05, 0) is 115 Å². The number of amides is 1. The molecule has 1 saturated carbocycles. The van der Waals surface area contributed by atoms with Crippen molar-refractivity contribution >= 4 is 34.3 Å². The molecule has 6 atom stereocenters. The molecule has 7 rings (SSSR count). The topological polar surface area (TPSA) is 119 Å². The molecule has 2 N–H and O–H groups in total. The predicted octanol–water partition coefficient (Wildman–Crippen LogP) is 10.3. The van der Waals surface area contributed by atoms with Crippen LogP contribution < -0.4 is 9.47 Å². The summed E-state index contributed by atoms with van der Waals surface area (Å²) >= 11 is 1.68. The summed E-state index contributed by atoms with van der Waals surface area (Å²) in [6.45, 7) is 6.66. The van der Waals surface area contributed by atoms with E-state index in [0.29, 0.717) is 24.3 Å². The number of thioether (sulfide) groups is 1. The number of hydrogen-bond acceptors (Lipinski definition) is 10. The third-order valence-electron chi connectivity index (χ3n) is 12.2. The number of oxime groups is 1. The van der Waals surface area contributed by atoms with Gasteiger partial charge in [0, 0.05) is 36.0 Å². The van der Waals surface area contributed by atoms with Crippen LogP contribution >= 0.6 is 11.8 Å². The van der Waals surface area contributed by atoms with Crippen molar-refractivity contribution in [2.45, 2.75) is 81.1 Å². The van der Waals surface area contributed by atoms with E-state index in [-0.39, 0.29) is 57.1 Å². The molecule has 1 fully saturated rings. The number of aliphatic hydroxyl groups excluding tert-OH is 2. The second kappa shape index (κ2) is 20.2. The minimum Gasteiger partial charge on any atom is -0.459 e. The normalized spacial score (nSPS) is 23.5. The maximum absolute atomic E-state index is 14.6. The molecule has 11 heteroatoms. The predicted molar refractivity (Wildman–Crippen MR) is 237 cm³/mol. The Morgan fingerprint density at radius 1 is 0.983 bits per heavy atom. The SMILES string of the molecule is C=CCO[C@@]12Oc3ccc(Oc4ccc(SC)cc4)cc3[C@H]3[C@H](CCCCO)[C@@H](CCCCO)C=C(C(=NOC)C[C@@H]1N(Cc1cccc4ccccc14)C(=O)OCC)[C@H]32. The van der Waals surface area contributed by atoms with E-state index in [1.165, 1.54) is 0 Å². The maximum Gasteiger partial charge on any atom is 0.410 e. The highest BCUT2D eigenvalue weighted by atomic mass is 32.2. The van der Waals surface area contributed by atoms with Crippen molar-refractivity contribution < 1.29 is 38.8 Å². The van der Waals surface area contributed by atoms with Gasteiger partial charge in [0.1, 0.15) is 30.4 Å². The molecule has 4 aromatic carbocycles. The number of fused-ring (bicyclic) bond motifs is 3. The quantitative estimate of drug-likeness (QED) is 0.0412. The third-order valence-corrected chi connectivity index (χ3v) is 13.0. The largest absolute Gasteiger partial charge is 0.459 e. The standard InChI is InChI=1S/C49H58N2O8S/c1-5-28-57-49-45(51(48(54)56-6-2)32-35-17-13-16-33-14-7-8-18-39(33)35)31-43(50-55-3)41-29-34(15-9-11-26-52)40(19-10-12-27-53)46(47(41)49)42-30-37(22-25-44(42)59-49)58-36-20-23-38(60-4)24-21-36/h5,7-8,13-14,16-18,20-25,29-30,34,40,45-47,52-53H,1,6,9-12,15,19,26-28,31-32H2,2-4H3/t34-,40+,45-,46+,47+,49+/m0/s1. The van der Waals surface area contributed by atoms with Crippen molar-refractivity contribution in [3.05, 3.63) is 120 Å². The molecule has 0 unspecified atom stereocenters. The van der Waals surface area contributed by atoms with Gasteiger partial charge in [-0.15, -0.1) is 18.3 Å². The van der Waals surface area contributed by atoms with E-state index in [2.05, 4.69) is 43.0 Å². The Hall–Kier alpha value is -4.81. The van der Waals surface area contributed by atoms with E-state index in [0.717, 1.165) is 69.5 Å². The summed E-state index contributed by atoms with van der Waals surface area (Å²) in [4.78, 5) is 23.1. The highest BCUT2D eigenvalue weighted by Crippen LogP contribution is 2.62. The Morgan fingerprint density at radius 2 is 1.73 bits per heavy atom. The molecular weight excluding hydrogens is 777 g/mol. The van der Waals surface area contributed by atoms with E-state index in [4.69, 9.17) is 28.9 Å². The molecule has 0 aromatic heterocycles. The Bertz CT molecular complexity index is 2150. The van der Waals surface area contributed by atoms with E-state index < -0.39 is 23.8 Å². The smallest absolute Gasteiger partial charge is 0.410 e. The molecule has 10 nitrogen and oxygen atoms in total. The van der Waals surface area contributed by atoms with Gasteiger partial charge in [0.25, 0.3) is 0 Å². The van der Waals surface area contributed by atoms with Crippen molar-refractivity contribution in [3.8, 4) is 17.2 Å². The van der Waals surface area contributed by atoms with Crippen molar-refractivity contribution in [1.29, 1.82) is 0 Å². The monoisotopic (exact) mass is 834 g/mol. The molecule has 2 aliphatic carbocycles. The van der Waals surface area contributed by atoms with Gasteiger partial charge in [-0.3, -0.25) is 4.90 Å². The Balaban J connectivity index is 1.44. The molecule has 3 aliphatic rings. The number of carbonyl (C=O) groups excluding carboxylic acids is 1. The van der Waals surface area contributed by atoms with Gasteiger partial charge in [0.15, 0.2) is 0 Å². The van der Waals surface area contributed by atoms with Crippen LogP contribution in [0.1, 0.15) is 68.9 Å². The van der Waals surface area contributed by atoms with Crippen LogP contribution in [0.25, 0.3) is 10.8 Å². The number of aliphatic hydroxyl groups is 2. The zero-order valence-corrected chi connectivity index (χ0v) is 35.8. The summed E-state index contributed by atoms with van der Waals surface area (Å²) in [5, 5.41) is 26.7. The lowest BCUT2D eigenvalue weighted by atomic mass is 9.55. The fourth-order valence-electron chi connectivity index (χ4n) is 9.72. The first-order chi connectivity index (χ1) is 29.4. The molecule has 1 heterocycles. The van der Waals surface area contributed by atoms with E-state index in [1.807, 2.05) is 67.8 Å². The number of rotatable bonds is 19. The van der Waals surface area contributed by atoms with Crippen LogP contribution in [-0.4, -0.2) is 78.5 Å². The van der Waals surface area contributed by atoms with Crippen LogP contribution in [0, 0.1) is 17.8 Å². The summed E-state index contributed by atoms with van der Waals surface area (Å²) in [6.07, 6.45) is 10.6. The molecule has 60 heavy (non-hydrogen) atoms. The summed E-state index contributed by atoms with van der Waals surface area (Å²) in [5.74, 6) is 0.182. The highest BCUT2D eigenvalue weighted by Gasteiger charge is 2.65. The number of ether oxygens (including phenoxy) is 4. The van der Waals surface area contributed by atoms with Crippen LogP contribution in [0.2, 0.25) is 0 Å². The first kappa shape index (κ1) is 43.3. The Kier molecular flexibility index (Phi) is 14.5.